The highest BCUT2D eigenvalue weighted by Crippen LogP contribution is 2.46. The van der Waals surface area contributed by atoms with E-state index in [1.165, 1.54) is 17.5 Å². The van der Waals surface area contributed by atoms with E-state index in [-0.39, 0.29) is 5.41 Å². The minimum absolute atomic E-state index is 0.276. The van der Waals surface area contributed by atoms with Crippen LogP contribution in [-0.2, 0) is 11.8 Å². The minimum atomic E-state index is 0.276. The van der Waals surface area contributed by atoms with E-state index < -0.39 is 0 Å². The molecule has 0 spiro atoms. The third-order valence-electron chi connectivity index (χ3n) is 5.43. The van der Waals surface area contributed by atoms with Crippen LogP contribution in [0, 0.1) is 12.8 Å². The van der Waals surface area contributed by atoms with E-state index in [2.05, 4.69) is 36.3 Å². The molecule has 2 aromatic rings. The van der Waals surface area contributed by atoms with E-state index in [1.807, 2.05) is 6.92 Å². The molecule has 2 heterocycles. The molecule has 1 saturated heterocycles. The monoisotopic (exact) mass is 256 g/mol. The van der Waals surface area contributed by atoms with Crippen molar-refractivity contribution in [3.05, 3.63) is 29.2 Å². The lowest BCUT2D eigenvalue weighted by molar-refractivity contribution is 0.158. The number of nitrogens with zero attached hydrogens (tertiary/aromatic N) is 1. The second kappa shape index (κ2) is 3.60. The lowest BCUT2D eigenvalue weighted by Gasteiger charge is -2.50. The first-order valence-corrected chi connectivity index (χ1v) is 7.22. The maximum absolute atomic E-state index is 5.73. The average Bonchev–Trinajstić information content (AvgIpc) is 2.71. The average molecular weight is 256 g/mol. The fourth-order valence-corrected chi connectivity index (χ4v) is 4.06. The Hall–Kier alpha value is -1.35. The summed E-state index contributed by atoms with van der Waals surface area (Å²) in [5, 5.41) is 3.68. The van der Waals surface area contributed by atoms with Gasteiger partial charge in [0, 0.05) is 13.0 Å². The van der Waals surface area contributed by atoms with Crippen LogP contribution in [0.5, 0.6) is 0 Å². The van der Waals surface area contributed by atoms with E-state index in [0.717, 1.165) is 30.0 Å². The number of aromatic nitrogens is 1. The van der Waals surface area contributed by atoms with Gasteiger partial charge in [-0.15, -0.1) is 0 Å². The van der Waals surface area contributed by atoms with Gasteiger partial charge in [0.15, 0.2) is 11.5 Å². The number of aryl methyl sites for hydroxylation is 1. The maximum atomic E-state index is 5.73. The third-order valence-corrected chi connectivity index (χ3v) is 5.43. The van der Waals surface area contributed by atoms with E-state index >= 15 is 0 Å². The van der Waals surface area contributed by atoms with Crippen LogP contribution >= 0.6 is 0 Å². The molecule has 1 fully saturated rings. The highest BCUT2D eigenvalue weighted by atomic mass is 16.3. The Morgan fingerprint density at radius 3 is 3.11 bits per heavy atom. The quantitative estimate of drug-likeness (QED) is 0.787. The van der Waals surface area contributed by atoms with Crippen molar-refractivity contribution in [3.63, 3.8) is 0 Å². The molecule has 3 heteroatoms. The molecule has 0 unspecified atom stereocenters. The maximum Gasteiger partial charge on any atom is 0.192 e. The van der Waals surface area contributed by atoms with Crippen LogP contribution in [0.25, 0.3) is 11.1 Å². The zero-order chi connectivity index (χ0) is 13.2. The molecule has 1 aliphatic carbocycles. The molecule has 100 valence electrons. The van der Waals surface area contributed by atoms with Crippen molar-refractivity contribution in [2.75, 3.05) is 6.54 Å². The largest absolute Gasteiger partial charge is 0.441 e. The minimum Gasteiger partial charge on any atom is -0.441 e. The molecule has 1 aromatic heterocycles. The Morgan fingerprint density at radius 2 is 2.26 bits per heavy atom. The van der Waals surface area contributed by atoms with Gasteiger partial charge in [0.05, 0.1) is 0 Å². The summed E-state index contributed by atoms with van der Waals surface area (Å²) < 4.78 is 5.73. The van der Waals surface area contributed by atoms with Crippen LogP contribution in [0.15, 0.2) is 16.5 Å². The molecular weight excluding hydrogens is 236 g/mol. The van der Waals surface area contributed by atoms with E-state index in [1.54, 1.807) is 0 Å². The van der Waals surface area contributed by atoms with Crippen molar-refractivity contribution in [3.8, 4) is 0 Å². The third kappa shape index (κ3) is 1.45. The van der Waals surface area contributed by atoms with Crippen molar-refractivity contribution in [1.82, 2.24) is 10.3 Å². The predicted molar refractivity (Wildman–Crippen MR) is 75.4 cm³/mol. The highest BCUT2D eigenvalue weighted by molar-refractivity contribution is 5.76. The molecule has 19 heavy (non-hydrogen) atoms. The number of rotatable bonds is 0. The molecule has 0 saturated carbocycles. The van der Waals surface area contributed by atoms with Gasteiger partial charge in [-0.3, -0.25) is 0 Å². The Bertz CT molecular complexity index is 660. The number of piperidine rings is 1. The molecule has 1 aliphatic heterocycles. The SMILES string of the molecule is Cc1nc2cc3c(cc2o1)[C@]1(C)CCN[C@H](C3)[C@H]1C. The zero-order valence-corrected chi connectivity index (χ0v) is 11.8. The van der Waals surface area contributed by atoms with Gasteiger partial charge in [-0.05, 0) is 54.0 Å². The molecule has 3 atom stereocenters. The van der Waals surface area contributed by atoms with Crippen LogP contribution in [0.4, 0.5) is 0 Å². The van der Waals surface area contributed by atoms with Gasteiger partial charge in [-0.1, -0.05) is 13.8 Å². The zero-order valence-electron chi connectivity index (χ0n) is 11.8. The summed E-state index contributed by atoms with van der Waals surface area (Å²) in [6.45, 7) is 7.84. The van der Waals surface area contributed by atoms with Crippen molar-refractivity contribution >= 4 is 11.1 Å². The summed E-state index contributed by atoms with van der Waals surface area (Å²) in [5.41, 5.74) is 5.17. The molecule has 4 rings (SSSR count). The van der Waals surface area contributed by atoms with Crippen LogP contribution in [-0.4, -0.2) is 17.6 Å². The van der Waals surface area contributed by atoms with Crippen molar-refractivity contribution in [2.24, 2.45) is 5.92 Å². The summed E-state index contributed by atoms with van der Waals surface area (Å²) in [5.74, 6) is 1.44. The smallest absolute Gasteiger partial charge is 0.192 e. The first-order valence-electron chi connectivity index (χ1n) is 7.22. The van der Waals surface area contributed by atoms with Gasteiger partial charge in [0.1, 0.15) is 5.52 Å². The van der Waals surface area contributed by atoms with Gasteiger partial charge in [0.25, 0.3) is 0 Å². The van der Waals surface area contributed by atoms with Crippen LogP contribution < -0.4 is 5.32 Å². The van der Waals surface area contributed by atoms with Crippen molar-refractivity contribution < 1.29 is 4.42 Å². The molecular formula is C16H20N2O. The number of hydrogen-bond acceptors (Lipinski definition) is 3. The van der Waals surface area contributed by atoms with E-state index in [0.29, 0.717) is 12.0 Å². The number of hydrogen-bond donors (Lipinski definition) is 1. The number of fused-ring (bicyclic) bond motifs is 5. The first kappa shape index (κ1) is 11.5. The molecule has 2 aliphatic rings. The van der Waals surface area contributed by atoms with Crippen molar-refractivity contribution in [1.29, 1.82) is 0 Å². The number of oxazole rings is 1. The fraction of sp³-hybridized carbons (Fsp3) is 0.562. The van der Waals surface area contributed by atoms with Gasteiger partial charge in [-0.25, -0.2) is 4.98 Å². The standard InChI is InChI=1S/C16H20N2O/c1-9-13-6-11-7-14-15(19-10(2)18-14)8-12(11)16(9,3)4-5-17-13/h7-9,13,17H,4-6H2,1-3H3/t9-,13-,16-/m1/s1. The Morgan fingerprint density at radius 1 is 1.42 bits per heavy atom. The first-order chi connectivity index (χ1) is 9.08. The Labute approximate surface area is 113 Å². The summed E-state index contributed by atoms with van der Waals surface area (Å²) in [6, 6.07) is 5.10. The van der Waals surface area contributed by atoms with Gasteiger partial charge >= 0.3 is 0 Å². The van der Waals surface area contributed by atoms with Crippen LogP contribution in [0.2, 0.25) is 0 Å². The highest BCUT2D eigenvalue weighted by Gasteiger charge is 2.45. The number of nitrogens with one attached hydrogen (secondary N) is 1. The van der Waals surface area contributed by atoms with Crippen LogP contribution in [0.1, 0.15) is 37.3 Å². The molecule has 3 nitrogen and oxygen atoms in total. The molecule has 0 radical (unpaired) electrons. The predicted octanol–water partition coefficient (Wildman–Crippen LogP) is 2.95. The Kier molecular flexibility index (Phi) is 2.17. The summed E-state index contributed by atoms with van der Waals surface area (Å²) in [7, 11) is 0. The molecule has 2 bridgehead atoms. The molecule has 1 aromatic carbocycles. The summed E-state index contributed by atoms with van der Waals surface area (Å²) in [4.78, 5) is 4.47. The molecule has 1 N–H and O–H groups in total. The topological polar surface area (TPSA) is 38.1 Å². The number of benzene rings is 1. The van der Waals surface area contributed by atoms with E-state index in [9.17, 15) is 0 Å². The molecule has 0 amide bonds. The van der Waals surface area contributed by atoms with Gasteiger partial charge in [-0.2, -0.15) is 0 Å². The fourth-order valence-electron chi connectivity index (χ4n) is 4.06. The van der Waals surface area contributed by atoms with Gasteiger partial charge < -0.3 is 9.73 Å². The van der Waals surface area contributed by atoms with Gasteiger partial charge in [0.2, 0.25) is 0 Å². The summed E-state index contributed by atoms with van der Waals surface area (Å²) >= 11 is 0. The lowest BCUT2D eigenvalue weighted by atomic mass is 9.59. The van der Waals surface area contributed by atoms with E-state index in [4.69, 9.17) is 4.42 Å². The Balaban J connectivity index is 1.98. The second-order valence-corrected chi connectivity index (χ2v) is 6.43. The lowest BCUT2D eigenvalue weighted by Crippen LogP contribution is -2.56. The van der Waals surface area contributed by atoms with Crippen LogP contribution in [0.3, 0.4) is 0 Å². The normalized spacial score (nSPS) is 33.4. The van der Waals surface area contributed by atoms with Crippen molar-refractivity contribution in [2.45, 2.75) is 45.1 Å². The second-order valence-electron chi connectivity index (χ2n) is 6.43. The summed E-state index contributed by atoms with van der Waals surface area (Å²) in [6.07, 6.45) is 2.32.